The Morgan fingerprint density at radius 3 is 2.50 bits per heavy atom. The van der Waals surface area contributed by atoms with E-state index in [-0.39, 0.29) is 30.7 Å². The number of nitrogens with one attached hydrogen (secondary N) is 1. The zero-order valence-corrected chi connectivity index (χ0v) is 19.6. The molecule has 172 valence electrons. The van der Waals surface area contributed by atoms with Gasteiger partial charge in [0, 0.05) is 24.4 Å². The summed E-state index contributed by atoms with van der Waals surface area (Å²) in [6.45, 7) is 6.17. The van der Waals surface area contributed by atoms with E-state index in [4.69, 9.17) is 0 Å². The van der Waals surface area contributed by atoms with E-state index >= 15 is 0 Å². The van der Waals surface area contributed by atoms with Gasteiger partial charge in [0.2, 0.25) is 11.8 Å². The zero-order valence-electron chi connectivity index (χ0n) is 18.8. The van der Waals surface area contributed by atoms with Crippen molar-refractivity contribution >= 4 is 23.2 Å². The Balaban J connectivity index is 1.40. The van der Waals surface area contributed by atoms with Crippen LogP contribution in [0.2, 0.25) is 0 Å². The number of alkyl halides is 1. The zero-order chi connectivity index (χ0) is 23.0. The van der Waals surface area contributed by atoms with Gasteiger partial charge in [0.05, 0.1) is 12.0 Å². The third-order valence-corrected chi connectivity index (χ3v) is 7.69. The van der Waals surface area contributed by atoms with Crippen LogP contribution < -0.4 is 5.32 Å². The lowest BCUT2D eigenvalue weighted by Crippen LogP contribution is -2.50. The highest BCUT2D eigenvalue weighted by molar-refractivity contribution is 7.13. The SMILES string of the molecule is Cc1ccsc1-c1ccc(CNC(=O)[C@@H]2C[C@@H](O)CN2C(=O)[C@@H](C(C)C)C2(F)CC2)cc1. The quantitative estimate of drug-likeness (QED) is 0.657. The fraction of sp³-hybridized carbons (Fsp3) is 0.520. The molecule has 2 aliphatic rings. The number of thiophene rings is 1. The van der Waals surface area contributed by atoms with Crippen LogP contribution in [0.3, 0.4) is 0 Å². The molecule has 0 radical (unpaired) electrons. The number of hydrogen-bond acceptors (Lipinski definition) is 4. The molecule has 1 aliphatic heterocycles. The monoisotopic (exact) mass is 458 g/mol. The Morgan fingerprint density at radius 1 is 1.25 bits per heavy atom. The summed E-state index contributed by atoms with van der Waals surface area (Å²) in [6, 6.07) is 9.37. The van der Waals surface area contributed by atoms with Gasteiger partial charge in [0.1, 0.15) is 11.7 Å². The second-order valence-corrected chi connectivity index (χ2v) is 10.4. The maximum absolute atomic E-state index is 14.9. The number of amides is 2. The molecule has 2 aromatic rings. The average molecular weight is 459 g/mol. The summed E-state index contributed by atoms with van der Waals surface area (Å²) in [5.74, 6) is -1.59. The fourth-order valence-corrected chi connectivity index (χ4v) is 5.70. The number of carbonyl (C=O) groups is 2. The van der Waals surface area contributed by atoms with E-state index in [0.717, 1.165) is 11.1 Å². The van der Waals surface area contributed by atoms with Gasteiger partial charge in [-0.3, -0.25) is 9.59 Å². The minimum absolute atomic E-state index is 0.0745. The summed E-state index contributed by atoms with van der Waals surface area (Å²) in [5, 5.41) is 15.1. The number of β-amino-alcohol motifs (C(OH)–C–C–N with tert-alkyl or cyclic N) is 1. The molecule has 2 fully saturated rings. The first-order valence-corrected chi connectivity index (χ1v) is 12.2. The van der Waals surface area contributed by atoms with E-state index in [9.17, 15) is 19.1 Å². The van der Waals surface area contributed by atoms with E-state index < -0.39 is 23.7 Å². The van der Waals surface area contributed by atoms with E-state index in [1.54, 1.807) is 11.3 Å². The molecule has 1 saturated heterocycles. The first-order valence-electron chi connectivity index (χ1n) is 11.3. The molecule has 0 spiro atoms. The molecule has 2 N–H and O–H groups in total. The first-order chi connectivity index (χ1) is 15.2. The van der Waals surface area contributed by atoms with Crippen LogP contribution in [0.15, 0.2) is 35.7 Å². The summed E-state index contributed by atoms with van der Waals surface area (Å²) in [5.41, 5.74) is 1.86. The van der Waals surface area contributed by atoms with Gasteiger partial charge in [0.25, 0.3) is 0 Å². The van der Waals surface area contributed by atoms with E-state index in [0.29, 0.717) is 19.4 Å². The highest BCUT2D eigenvalue weighted by Gasteiger charge is 2.56. The standard InChI is InChI=1S/C25H31FN2O3S/c1-15(2)21(25(26)9-10-25)24(31)28-14-19(29)12-20(28)23(30)27-13-17-4-6-18(7-5-17)22-16(3)8-11-32-22/h4-8,11,15,19-21,29H,9-10,12-14H2,1-3H3,(H,27,30)/t19-,20+,21-/m1/s1. The minimum Gasteiger partial charge on any atom is -0.391 e. The van der Waals surface area contributed by atoms with Crippen molar-refractivity contribution in [2.45, 2.75) is 64.4 Å². The number of halogens is 1. The maximum Gasteiger partial charge on any atom is 0.243 e. The summed E-state index contributed by atoms with van der Waals surface area (Å²) in [4.78, 5) is 28.7. The number of benzene rings is 1. The number of nitrogens with zero attached hydrogens (tertiary/aromatic N) is 1. The summed E-state index contributed by atoms with van der Waals surface area (Å²) >= 11 is 1.70. The Labute approximate surface area is 192 Å². The molecular weight excluding hydrogens is 427 g/mol. The minimum atomic E-state index is -1.47. The van der Waals surface area contributed by atoms with Crippen molar-refractivity contribution in [3.63, 3.8) is 0 Å². The molecule has 1 aromatic carbocycles. The van der Waals surface area contributed by atoms with Gasteiger partial charge >= 0.3 is 0 Å². The largest absolute Gasteiger partial charge is 0.391 e. The van der Waals surface area contributed by atoms with Crippen molar-refractivity contribution in [2.75, 3.05) is 6.54 Å². The van der Waals surface area contributed by atoms with E-state index in [1.165, 1.54) is 15.3 Å². The molecule has 2 heterocycles. The summed E-state index contributed by atoms with van der Waals surface area (Å²) < 4.78 is 14.9. The predicted octanol–water partition coefficient (Wildman–Crippen LogP) is 4.08. The molecule has 0 bridgehead atoms. The Kier molecular flexibility index (Phi) is 6.41. The molecule has 0 unspecified atom stereocenters. The Morgan fingerprint density at radius 2 is 1.94 bits per heavy atom. The van der Waals surface area contributed by atoms with Gasteiger partial charge in [0.15, 0.2) is 0 Å². The van der Waals surface area contributed by atoms with Crippen LogP contribution >= 0.6 is 11.3 Å². The number of hydrogen-bond donors (Lipinski definition) is 2. The second kappa shape index (κ2) is 8.94. The van der Waals surface area contributed by atoms with Crippen molar-refractivity contribution in [3.05, 3.63) is 46.8 Å². The molecule has 1 saturated carbocycles. The number of aryl methyl sites for hydroxylation is 1. The van der Waals surface area contributed by atoms with E-state index in [2.05, 4.69) is 23.7 Å². The highest BCUT2D eigenvalue weighted by Crippen LogP contribution is 2.50. The van der Waals surface area contributed by atoms with Crippen LogP contribution in [0.5, 0.6) is 0 Å². The van der Waals surface area contributed by atoms with Crippen LogP contribution in [0.4, 0.5) is 4.39 Å². The molecule has 4 rings (SSSR count). The van der Waals surface area contributed by atoms with Gasteiger partial charge in [-0.2, -0.15) is 0 Å². The van der Waals surface area contributed by atoms with Crippen LogP contribution in [0, 0.1) is 18.8 Å². The van der Waals surface area contributed by atoms with Crippen LogP contribution in [0.25, 0.3) is 10.4 Å². The lowest BCUT2D eigenvalue weighted by molar-refractivity contribution is -0.145. The topological polar surface area (TPSA) is 69.6 Å². The number of likely N-dealkylation sites (tertiary alicyclic amines) is 1. The Hall–Kier alpha value is -2.25. The molecule has 1 aliphatic carbocycles. The van der Waals surface area contributed by atoms with Crippen molar-refractivity contribution in [1.82, 2.24) is 10.2 Å². The Bertz CT molecular complexity index is 983. The molecule has 2 amide bonds. The van der Waals surface area contributed by atoms with Crippen molar-refractivity contribution in [2.24, 2.45) is 11.8 Å². The normalized spacial score (nSPS) is 22.8. The second-order valence-electron chi connectivity index (χ2n) is 9.50. The number of rotatable bonds is 7. The van der Waals surface area contributed by atoms with Gasteiger partial charge in [-0.1, -0.05) is 38.1 Å². The van der Waals surface area contributed by atoms with Gasteiger partial charge in [-0.15, -0.1) is 11.3 Å². The molecule has 5 nitrogen and oxygen atoms in total. The van der Waals surface area contributed by atoms with Gasteiger partial charge < -0.3 is 15.3 Å². The van der Waals surface area contributed by atoms with E-state index in [1.807, 2.05) is 38.1 Å². The van der Waals surface area contributed by atoms with Gasteiger partial charge in [-0.05, 0) is 53.8 Å². The molecular formula is C25H31FN2O3S. The van der Waals surface area contributed by atoms with Crippen molar-refractivity contribution < 1.29 is 19.1 Å². The molecule has 1 aromatic heterocycles. The maximum atomic E-state index is 14.9. The lowest BCUT2D eigenvalue weighted by atomic mass is 9.87. The predicted molar refractivity (Wildman–Crippen MR) is 124 cm³/mol. The van der Waals surface area contributed by atoms with Crippen LogP contribution in [0.1, 0.15) is 44.2 Å². The number of aliphatic hydroxyl groups excluding tert-OH is 1. The molecule has 7 heteroatoms. The summed E-state index contributed by atoms with van der Waals surface area (Å²) in [6.07, 6.45) is 0.176. The molecule has 3 atom stereocenters. The van der Waals surface area contributed by atoms with Crippen LogP contribution in [-0.2, 0) is 16.1 Å². The highest BCUT2D eigenvalue weighted by atomic mass is 32.1. The first kappa shape index (κ1) is 22.9. The molecule has 32 heavy (non-hydrogen) atoms. The van der Waals surface area contributed by atoms with Crippen LogP contribution in [-0.4, -0.2) is 46.2 Å². The summed E-state index contributed by atoms with van der Waals surface area (Å²) in [7, 11) is 0. The van der Waals surface area contributed by atoms with Crippen molar-refractivity contribution in [3.8, 4) is 10.4 Å². The van der Waals surface area contributed by atoms with Crippen molar-refractivity contribution in [1.29, 1.82) is 0 Å². The van der Waals surface area contributed by atoms with Gasteiger partial charge in [-0.25, -0.2) is 4.39 Å². The fourth-order valence-electron chi connectivity index (χ4n) is 4.77. The number of aliphatic hydroxyl groups is 1. The third kappa shape index (κ3) is 4.59. The smallest absolute Gasteiger partial charge is 0.243 e. The number of carbonyl (C=O) groups excluding carboxylic acids is 2. The third-order valence-electron chi connectivity index (χ3n) is 6.63. The lowest BCUT2D eigenvalue weighted by Gasteiger charge is -2.31. The average Bonchev–Trinajstić information content (AvgIpc) is 3.15.